The van der Waals surface area contributed by atoms with Crippen molar-refractivity contribution in [1.82, 2.24) is 14.4 Å². The number of halogens is 1. The van der Waals surface area contributed by atoms with Gasteiger partial charge in [0.05, 0.1) is 4.90 Å². The lowest BCUT2D eigenvalue weighted by molar-refractivity contribution is 0.576. The Hall–Kier alpha value is -1.60. The van der Waals surface area contributed by atoms with Gasteiger partial charge in [-0.25, -0.2) is 0 Å². The molecule has 21 heavy (non-hydrogen) atoms. The van der Waals surface area contributed by atoms with E-state index in [-0.39, 0.29) is 4.90 Å². The fourth-order valence-electron chi connectivity index (χ4n) is 2.07. The van der Waals surface area contributed by atoms with Crippen molar-refractivity contribution in [2.45, 2.75) is 25.7 Å². The molecule has 1 aromatic heterocycles. The first-order valence-corrected chi connectivity index (χ1v) is 8.42. The van der Waals surface area contributed by atoms with Crippen LogP contribution in [0.1, 0.15) is 19.5 Å². The second-order valence-corrected chi connectivity index (χ2v) is 6.68. The van der Waals surface area contributed by atoms with Crippen molar-refractivity contribution in [3.8, 4) is 0 Å². The van der Waals surface area contributed by atoms with E-state index in [1.54, 1.807) is 6.92 Å². The maximum atomic E-state index is 12.7. The summed E-state index contributed by atoms with van der Waals surface area (Å²) in [5.74, 6) is 0.495. The van der Waals surface area contributed by atoms with Crippen molar-refractivity contribution in [2.24, 2.45) is 0 Å². The average molecular weight is 329 g/mol. The molecule has 1 heterocycles. The van der Waals surface area contributed by atoms with E-state index >= 15 is 0 Å². The van der Waals surface area contributed by atoms with Crippen LogP contribution < -0.4 is 4.90 Å². The summed E-state index contributed by atoms with van der Waals surface area (Å²) >= 11 is 5.80. The van der Waals surface area contributed by atoms with E-state index in [9.17, 15) is 8.42 Å². The minimum atomic E-state index is -3.79. The molecule has 114 valence electrons. The molecule has 0 saturated carbocycles. The summed E-state index contributed by atoms with van der Waals surface area (Å²) in [4.78, 5) is 2.04. The van der Waals surface area contributed by atoms with Gasteiger partial charge in [0.2, 0.25) is 0 Å². The molecule has 0 amide bonds. The highest BCUT2D eigenvalue weighted by Gasteiger charge is 2.26. The Morgan fingerprint density at radius 1 is 1.19 bits per heavy atom. The van der Waals surface area contributed by atoms with Crippen LogP contribution in [-0.4, -0.2) is 35.9 Å². The first-order valence-electron chi connectivity index (χ1n) is 6.60. The molecule has 0 atom stereocenters. The molecule has 1 aromatic carbocycles. The maximum absolute atomic E-state index is 12.7. The molecule has 0 aliphatic carbocycles. The number of anilines is 1. The van der Waals surface area contributed by atoms with E-state index in [1.807, 2.05) is 18.7 Å². The number of benzene rings is 1. The average Bonchev–Trinajstić information content (AvgIpc) is 2.84. The van der Waals surface area contributed by atoms with Crippen molar-refractivity contribution >= 4 is 27.4 Å². The Kier molecular flexibility index (Phi) is 4.53. The second kappa shape index (κ2) is 6.03. The van der Waals surface area contributed by atoms with E-state index in [2.05, 4.69) is 10.3 Å². The van der Waals surface area contributed by atoms with E-state index < -0.39 is 10.0 Å². The lowest BCUT2D eigenvalue weighted by Crippen LogP contribution is -2.28. The Morgan fingerprint density at radius 2 is 1.76 bits per heavy atom. The third kappa shape index (κ3) is 2.89. The van der Waals surface area contributed by atoms with Gasteiger partial charge in [0.1, 0.15) is 5.69 Å². The largest absolute Gasteiger partial charge is 0.355 e. The van der Waals surface area contributed by atoms with Crippen LogP contribution in [0.2, 0.25) is 5.02 Å². The van der Waals surface area contributed by atoms with Gasteiger partial charge in [0.15, 0.2) is 5.82 Å². The lowest BCUT2D eigenvalue weighted by Gasteiger charge is -2.21. The number of aryl methyl sites for hydroxylation is 1. The summed E-state index contributed by atoms with van der Waals surface area (Å²) in [7, 11) is -3.79. The van der Waals surface area contributed by atoms with E-state index in [4.69, 9.17) is 11.6 Å². The first kappa shape index (κ1) is 15.8. The molecule has 0 fully saturated rings. The zero-order valence-electron chi connectivity index (χ0n) is 12.1. The SMILES string of the molecule is CCN(CC)c1c(C)nnn1S(=O)(=O)c1ccc(Cl)cc1. The minimum absolute atomic E-state index is 0.130. The van der Waals surface area contributed by atoms with Crippen LogP contribution in [0.5, 0.6) is 0 Å². The summed E-state index contributed by atoms with van der Waals surface area (Å²) in [6.45, 7) is 6.99. The van der Waals surface area contributed by atoms with Gasteiger partial charge in [-0.3, -0.25) is 0 Å². The van der Waals surface area contributed by atoms with Gasteiger partial charge in [-0.1, -0.05) is 11.6 Å². The van der Waals surface area contributed by atoms with Gasteiger partial charge in [-0.2, -0.15) is 8.42 Å². The first-order chi connectivity index (χ1) is 9.91. The number of hydrogen-bond acceptors (Lipinski definition) is 5. The van der Waals surface area contributed by atoms with Crippen LogP contribution in [0.3, 0.4) is 0 Å². The number of hydrogen-bond donors (Lipinski definition) is 0. The summed E-state index contributed by atoms with van der Waals surface area (Å²) in [5.41, 5.74) is 0.580. The molecule has 0 aliphatic heterocycles. The van der Waals surface area contributed by atoms with Gasteiger partial charge >= 0.3 is 0 Å². The van der Waals surface area contributed by atoms with Crippen molar-refractivity contribution < 1.29 is 8.42 Å². The van der Waals surface area contributed by atoms with Gasteiger partial charge in [-0.05, 0) is 50.3 Å². The zero-order chi connectivity index (χ0) is 15.6. The molecular weight excluding hydrogens is 312 g/mol. The highest BCUT2D eigenvalue weighted by Crippen LogP contribution is 2.24. The Bertz CT molecular complexity index is 721. The molecule has 8 heteroatoms. The number of aromatic nitrogens is 3. The molecule has 0 saturated heterocycles. The zero-order valence-corrected chi connectivity index (χ0v) is 13.7. The summed E-state index contributed by atoms with van der Waals surface area (Å²) < 4.78 is 26.4. The molecule has 0 unspecified atom stereocenters. The summed E-state index contributed by atoms with van der Waals surface area (Å²) in [6, 6.07) is 5.99. The molecule has 0 aliphatic rings. The molecule has 2 aromatic rings. The van der Waals surface area contributed by atoms with Crippen molar-refractivity contribution in [3.63, 3.8) is 0 Å². The quantitative estimate of drug-likeness (QED) is 0.842. The van der Waals surface area contributed by atoms with Crippen LogP contribution in [-0.2, 0) is 10.0 Å². The Morgan fingerprint density at radius 3 is 2.29 bits per heavy atom. The predicted octanol–water partition coefficient (Wildman–Crippen LogP) is 2.32. The fraction of sp³-hybridized carbons (Fsp3) is 0.385. The van der Waals surface area contributed by atoms with Crippen molar-refractivity contribution in [1.29, 1.82) is 0 Å². The van der Waals surface area contributed by atoms with Crippen LogP contribution in [0.15, 0.2) is 29.2 Å². The topological polar surface area (TPSA) is 68.1 Å². The summed E-state index contributed by atoms with van der Waals surface area (Å²) in [6.07, 6.45) is 0. The molecule has 2 rings (SSSR count). The predicted molar refractivity (Wildman–Crippen MR) is 82.4 cm³/mol. The lowest BCUT2D eigenvalue weighted by atomic mass is 10.4. The van der Waals surface area contributed by atoms with Crippen LogP contribution >= 0.6 is 11.6 Å². The third-order valence-corrected chi connectivity index (χ3v) is 5.00. The fourth-order valence-corrected chi connectivity index (χ4v) is 3.49. The normalized spacial score (nSPS) is 11.6. The molecule has 0 spiro atoms. The van der Waals surface area contributed by atoms with Crippen molar-refractivity contribution in [3.05, 3.63) is 35.0 Å². The standard InChI is InChI=1S/C13H17ClN4O2S/c1-4-17(5-2)13-10(3)15-16-18(13)21(19,20)12-8-6-11(14)7-9-12/h6-9H,4-5H2,1-3H3. The van der Waals surface area contributed by atoms with Crippen LogP contribution in [0.4, 0.5) is 5.82 Å². The summed E-state index contributed by atoms with van der Waals surface area (Å²) in [5, 5.41) is 8.20. The molecular formula is C13H17ClN4O2S. The second-order valence-electron chi connectivity index (χ2n) is 4.47. The highest BCUT2D eigenvalue weighted by atomic mass is 35.5. The third-order valence-electron chi connectivity index (χ3n) is 3.18. The maximum Gasteiger partial charge on any atom is 0.286 e. The van der Waals surface area contributed by atoms with Crippen molar-refractivity contribution in [2.75, 3.05) is 18.0 Å². The van der Waals surface area contributed by atoms with E-state index in [0.29, 0.717) is 29.6 Å². The van der Waals surface area contributed by atoms with Gasteiger partial charge < -0.3 is 4.90 Å². The smallest absolute Gasteiger partial charge is 0.286 e. The molecule has 6 nitrogen and oxygen atoms in total. The van der Waals surface area contributed by atoms with Crippen LogP contribution in [0, 0.1) is 6.92 Å². The Balaban J connectivity index is 2.58. The van der Waals surface area contributed by atoms with Crippen LogP contribution in [0.25, 0.3) is 0 Å². The number of rotatable bonds is 5. The number of nitrogens with zero attached hydrogens (tertiary/aromatic N) is 4. The monoisotopic (exact) mass is 328 g/mol. The molecule has 0 radical (unpaired) electrons. The Labute approximate surface area is 129 Å². The molecule has 0 N–H and O–H groups in total. The molecule has 0 bridgehead atoms. The van der Waals surface area contributed by atoms with E-state index in [1.165, 1.54) is 24.3 Å². The van der Waals surface area contributed by atoms with E-state index in [0.717, 1.165) is 4.09 Å². The minimum Gasteiger partial charge on any atom is -0.355 e. The van der Waals surface area contributed by atoms with Gasteiger partial charge in [0, 0.05) is 18.1 Å². The van der Waals surface area contributed by atoms with Gasteiger partial charge in [0.25, 0.3) is 10.0 Å². The highest BCUT2D eigenvalue weighted by molar-refractivity contribution is 7.90. The van der Waals surface area contributed by atoms with Gasteiger partial charge in [-0.15, -0.1) is 9.19 Å².